The summed E-state index contributed by atoms with van der Waals surface area (Å²) in [5, 5.41) is 2.54. The van der Waals surface area contributed by atoms with Crippen molar-refractivity contribution >= 4 is 41.2 Å². The molecule has 0 unspecified atom stereocenters. The quantitative estimate of drug-likeness (QED) is 0.628. The van der Waals surface area contributed by atoms with Crippen molar-refractivity contribution in [3.8, 4) is 11.5 Å². The molecule has 28 heavy (non-hydrogen) atoms. The number of hydrogen-bond acceptors (Lipinski definition) is 5. The van der Waals surface area contributed by atoms with Crippen molar-refractivity contribution in [3.05, 3.63) is 58.1 Å². The van der Waals surface area contributed by atoms with Crippen LogP contribution in [0.2, 0.25) is 5.02 Å². The molecule has 0 atom stereocenters. The minimum atomic E-state index is -0.835. The molecule has 0 radical (unpaired) electrons. The highest BCUT2D eigenvalue weighted by molar-refractivity contribution is 6.39. The van der Waals surface area contributed by atoms with E-state index in [1.807, 2.05) is 0 Å². The number of carbonyl (C=O) groups is 3. The number of hydrogen-bond donors (Lipinski definition) is 1. The zero-order chi connectivity index (χ0) is 20.4. The minimum absolute atomic E-state index is 0.185. The molecule has 0 bridgehead atoms. The van der Waals surface area contributed by atoms with Gasteiger partial charge in [-0.3, -0.25) is 14.9 Å². The van der Waals surface area contributed by atoms with Crippen molar-refractivity contribution in [3.63, 3.8) is 0 Å². The second kappa shape index (κ2) is 7.74. The van der Waals surface area contributed by atoms with Crippen molar-refractivity contribution in [1.82, 2.24) is 5.32 Å². The molecule has 1 N–H and O–H groups in total. The van der Waals surface area contributed by atoms with Gasteiger partial charge in [0.1, 0.15) is 5.57 Å². The first-order valence-electron chi connectivity index (χ1n) is 8.25. The number of urea groups is 1. The first-order chi connectivity index (χ1) is 13.3. The predicted octanol–water partition coefficient (Wildman–Crippen LogP) is 3.33. The van der Waals surface area contributed by atoms with Gasteiger partial charge in [0, 0.05) is 5.02 Å². The van der Waals surface area contributed by atoms with E-state index in [0.29, 0.717) is 22.1 Å². The Hall–Kier alpha value is -3.32. The molecule has 0 spiro atoms. The number of carbonyl (C=O) groups excluding carboxylic acids is 3. The zero-order valence-electron chi connectivity index (χ0n) is 15.4. The molecule has 0 aliphatic carbocycles. The van der Waals surface area contributed by atoms with Gasteiger partial charge in [0.2, 0.25) is 0 Å². The molecular formula is C20H17ClN2O5. The third kappa shape index (κ3) is 3.57. The van der Waals surface area contributed by atoms with Gasteiger partial charge < -0.3 is 9.47 Å². The first kappa shape index (κ1) is 19.4. The van der Waals surface area contributed by atoms with Crippen LogP contribution in [-0.4, -0.2) is 32.1 Å². The lowest BCUT2D eigenvalue weighted by Crippen LogP contribution is -2.54. The number of rotatable bonds is 4. The second-order valence-electron chi connectivity index (χ2n) is 6.00. The van der Waals surface area contributed by atoms with Gasteiger partial charge in [0.25, 0.3) is 11.8 Å². The Morgan fingerprint density at radius 1 is 1.04 bits per heavy atom. The molecule has 0 saturated carbocycles. The largest absolute Gasteiger partial charge is 0.493 e. The van der Waals surface area contributed by atoms with E-state index in [1.54, 1.807) is 37.3 Å². The number of aryl methyl sites for hydroxylation is 1. The van der Waals surface area contributed by atoms with Crippen molar-refractivity contribution in [2.75, 3.05) is 19.1 Å². The van der Waals surface area contributed by atoms with Crippen LogP contribution in [0.5, 0.6) is 11.5 Å². The van der Waals surface area contributed by atoms with Crippen molar-refractivity contribution in [1.29, 1.82) is 0 Å². The van der Waals surface area contributed by atoms with Crippen LogP contribution in [0.15, 0.2) is 42.0 Å². The molecule has 7 nitrogen and oxygen atoms in total. The lowest BCUT2D eigenvalue weighted by molar-refractivity contribution is -0.122. The Labute approximate surface area is 166 Å². The van der Waals surface area contributed by atoms with E-state index in [2.05, 4.69) is 5.32 Å². The van der Waals surface area contributed by atoms with Gasteiger partial charge in [-0.1, -0.05) is 17.7 Å². The number of imide groups is 2. The number of nitrogens with one attached hydrogen (secondary N) is 1. The average molecular weight is 401 g/mol. The molecule has 1 saturated heterocycles. The molecule has 1 aliphatic rings. The van der Waals surface area contributed by atoms with E-state index in [4.69, 9.17) is 21.1 Å². The van der Waals surface area contributed by atoms with Gasteiger partial charge in [-0.2, -0.15) is 0 Å². The molecule has 144 valence electrons. The Kier molecular flexibility index (Phi) is 5.37. The maximum atomic E-state index is 12.9. The summed E-state index contributed by atoms with van der Waals surface area (Å²) in [4.78, 5) is 38.4. The summed E-state index contributed by atoms with van der Waals surface area (Å²) >= 11 is 5.96. The molecular weight excluding hydrogens is 384 g/mol. The van der Waals surface area contributed by atoms with Crippen LogP contribution in [0, 0.1) is 6.92 Å². The fourth-order valence-electron chi connectivity index (χ4n) is 2.81. The van der Waals surface area contributed by atoms with Crippen LogP contribution in [0.3, 0.4) is 0 Å². The highest BCUT2D eigenvalue weighted by Gasteiger charge is 2.37. The summed E-state index contributed by atoms with van der Waals surface area (Å²) in [7, 11) is 3.00. The zero-order valence-corrected chi connectivity index (χ0v) is 16.2. The fourth-order valence-corrected chi connectivity index (χ4v) is 3.00. The lowest BCUT2D eigenvalue weighted by Gasteiger charge is -2.26. The normalized spacial score (nSPS) is 15.6. The van der Waals surface area contributed by atoms with Crippen LogP contribution in [0.4, 0.5) is 10.5 Å². The Bertz CT molecular complexity index is 1020. The summed E-state index contributed by atoms with van der Waals surface area (Å²) in [5.74, 6) is -0.545. The third-order valence-electron chi connectivity index (χ3n) is 4.24. The predicted molar refractivity (Wildman–Crippen MR) is 105 cm³/mol. The molecule has 1 heterocycles. The number of ether oxygens (including phenoxy) is 2. The summed E-state index contributed by atoms with van der Waals surface area (Å²) in [5.41, 5.74) is 1.42. The smallest absolute Gasteiger partial charge is 0.335 e. The van der Waals surface area contributed by atoms with Gasteiger partial charge in [-0.25, -0.2) is 9.69 Å². The lowest BCUT2D eigenvalue weighted by atomic mass is 10.0. The Morgan fingerprint density at radius 3 is 2.36 bits per heavy atom. The number of barbiturate groups is 1. The number of nitrogens with zero attached hydrogens (tertiary/aromatic N) is 1. The Morgan fingerprint density at radius 2 is 1.71 bits per heavy atom. The van der Waals surface area contributed by atoms with Crippen molar-refractivity contribution in [2.45, 2.75) is 6.92 Å². The minimum Gasteiger partial charge on any atom is -0.493 e. The van der Waals surface area contributed by atoms with Crippen LogP contribution in [0.25, 0.3) is 6.08 Å². The molecule has 3 rings (SSSR count). The first-order valence-corrected chi connectivity index (χ1v) is 8.63. The SMILES string of the molecule is COc1cc(C)c(/C=C2\C(=O)NC(=O)N(c3cccc(Cl)c3)C2=O)cc1OC. The van der Waals surface area contributed by atoms with E-state index in [0.717, 1.165) is 10.5 Å². The number of methoxy groups -OCH3 is 2. The molecule has 2 aromatic rings. The van der Waals surface area contributed by atoms with Crippen LogP contribution in [-0.2, 0) is 9.59 Å². The van der Waals surface area contributed by atoms with E-state index < -0.39 is 17.8 Å². The van der Waals surface area contributed by atoms with Crippen LogP contribution in [0.1, 0.15) is 11.1 Å². The number of amides is 4. The number of halogens is 1. The summed E-state index contributed by atoms with van der Waals surface area (Å²) < 4.78 is 10.5. The van der Waals surface area contributed by atoms with Gasteiger partial charge >= 0.3 is 6.03 Å². The maximum Gasteiger partial charge on any atom is 0.335 e. The van der Waals surface area contributed by atoms with Gasteiger partial charge in [-0.05, 0) is 54.5 Å². The topological polar surface area (TPSA) is 84.9 Å². The molecule has 0 aromatic heterocycles. The van der Waals surface area contributed by atoms with E-state index in [1.165, 1.54) is 26.4 Å². The second-order valence-corrected chi connectivity index (χ2v) is 6.44. The molecule has 1 aliphatic heterocycles. The van der Waals surface area contributed by atoms with Gasteiger partial charge in [0.15, 0.2) is 11.5 Å². The van der Waals surface area contributed by atoms with Gasteiger partial charge in [0.05, 0.1) is 19.9 Å². The summed E-state index contributed by atoms with van der Waals surface area (Å²) in [6, 6.07) is 8.80. The monoisotopic (exact) mass is 400 g/mol. The van der Waals surface area contributed by atoms with E-state index in [-0.39, 0.29) is 11.3 Å². The summed E-state index contributed by atoms with van der Waals surface area (Å²) in [6.07, 6.45) is 1.42. The fraction of sp³-hybridized carbons (Fsp3) is 0.150. The summed E-state index contributed by atoms with van der Waals surface area (Å²) in [6.45, 7) is 1.81. The van der Waals surface area contributed by atoms with E-state index >= 15 is 0 Å². The maximum absolute atomic E-state index is 12.9. The van der Waals surface area contributed by atoms with Crippen LogP contribution >= 0.6 is 11.6 Å². The highest BCUT2D eigenvalue weighted by Crippen LogP contribution is 2.32. The average Bonchev–Trinajstić information content (AvgIpc) is 2.65. The Balaban J connectivity index is 2.07. The van der Waals surface area contributed by atoms with Crippen molar-refractivity contribution in [2.24, 2.45) is 0 Å². The molecule has 2 aromatic carbocycles. The third-order valence-corrected chi connectivity index (χ3v) is 4.48. The highest BCUT2D eigenvalue weighted by atomic mass is 35.5. The molecule has 1 fully saturated rings. The molecule has 4 amide bonds. The van der Waals surface area contributed by atoms with E-state index in [9.17, 15) is 14.4 Å². The standard InChI is InChI=1S/C20H17ClN2O5/c1-11-7-16(27-2)17(28-3)9-12(11)8-15-18(24)22-20(26)23(19(15)25)14-6-4-5-13(21)10-14/h4-10H,1-3H3,(H,22,24,26)/b15-8+. The van der Waals surface area contributed by atoms with Crippen molar-refractivity contribution < 1.29 is 23.9 Å². The van der Waals surface area contributed by atoms with Gasteiger partial charge in [-0.15, -0.1) is 0 Å². The van der Waals surface area contributed by atoms with Crippen LogP contribution < -0.4 is 19.7 Å². The number of anilines is 1. The molecule has 8 heteroatoms. The number of benzene rings is 2.